The fourth-order valence-electron chi connectivity index (χ4n) is 2.97. The Bertz CT molecular complexity index is 171. The summed E-state index contributed by atoms with van der Waals surface area (Å²) in [6.07, 6.45) is 14.5. The van der Waals surface area contributed by atoms with Gasteiger partial charge in [-0.05, 0) is 44.6 Å². The Kier molecular flexibility index (Phi) is 12.5. The molecule has 0 saturated carbocycles. The van der Waals surface area contributed by atoms with E-state index in [4.69, 9.17) is 0 Å². The molecule has 19 heavy (non-hydrogen) atoms. The van der Waals surface area contributed by atoms with Crippen molar-refractivity contribution in [2.24, 2.45) is 0 Å². The highest BCUT2D eigenvalue weighted by atomic mass is 15.3. The minimum absolute atomic E-state index is 1.18. The maximum atomic E-state index is 4.01. The zero-order valence-electron chi connectivity index (χ0n) is 13.9. The molecule has 0 radical (unpaired) electrons. The van der Waals surface area contributed by atoms with Crippen LogP contribution in [0.5, 0.6) is 0 Å². The van der Waals surface area contributed by atoms with Crippen molar-refractivity contribution in [2.75, 3.05) is 26.2 Å². The molecule has 0 aliphatic carbocycles. The van der Waals surface area contributed by atoms with Crippen molar-refractivity contribution in [1.29, 1.82) is 0 Å². The molecule has 0 aliphatic rings. The van der Waals surface area contributed by atoms with Gasteiger partial charge in [-0.15, -0.1) is 0 Å². The Labute approximate surface area is 122 Å². The highest BCUT2D eigenvalue weighted by Gasteiger charge is 2.24. The van der Waals surface area contributed by atoms with Crippen molar-refractivity contribution in [1.82, 2.24) is 0 Å². The van der Waals surface area contributed by atoms with Gasteiger partial charge in [-0.1, -0.05) is 46.6 Å². The summed E-state index contributed by atoms with van der Waals surface area (Å²) >= 11 is 0. The molecule has 0 N–H and O–H groups in total. The highest BCUT2D eigenvalue weighted by Crippen LogP contribution is 2.16. The minimum atomic E-state index is 1.18. The third-order valence-electron chi connectivity index (χ3n) is 4.22. The van der Waals surface area contributed by atoms with Crippen LogP contribution >= 0.6 is 0 Å². The maximum Gasteiger partial charge on any atom is 0.0971 e. The third kappa shape index (κ3) is 9.27. The van der Waals surface area contributed by atoms with Crippen LogP contribution in [0.25, 0.3) is 0 Å². The summed E-state index contributed by atoms with van der Waals surface area (Å²) in [6, 6.07) is 0. The summed E-state index contributed by atoms with van der Waals surface area (Å²) in [7, 11) is 0. The molecule has 0 spiro atoms. The summed E-state index contributed by atoms with van der Waals surface area (Å²) in [5.41, 5.74) is 0. The lowest BCUT2D eigenvalue weighted by atomic mass is 10.1. The lowest BCUT2D eigenvalue weighted by Gasteiger charge is -2.38. The Morgan fingerprint density at radius 1 is 0.684 bits per heavy atom. The molecule has 0 amide bonds. The van der Waals surface area contributed by atoms with Crippen LogP contribution < -0.4 is 0 Å². The van der Waals surface area contributed by atoms with Gasteiger partial charge in [-0.2, -0.15) is 0 Å². The average Bonchev–Trinajstić information content (AvgIpc) is 2.40. The van der Waals surface area contributed by atoms with E-state index in [1.807, 2.05) is 0 Å². The third-order valence-corrected chi connectivity index (χ3v) is 4.22. The van der Waals surface area contributed by atoms with E-state index in [2.05, 4.69) is 33.4 Å². The Morgan fingerprint density at radius 3 is 1.32 bits per heavy atom. The van der Waals surface area contributed by atoms with E-state index in [0.29, 0.717) is 0 Å². The molecule has 0 rings (SSSR count). The van der Waals surface area contributed by atoms with Gasteiger partial charge >= 0.3 is 0 Å². The molecule has 0 aromatic carbocycles. The molecule has 0 aromatic rings. The van der Waals surface area contributed by atoms with Gasteiger partial charge < -0.3 is 4.48 Å². The summed E-state index contributed by atoms with van der Waals surface area (Å²) < 4.78 is 1.31. The zero-order valence-corrected chi connectivity index (χ0v) is 13.9. The average molecular weight is 269 g/mol. The van der Waals surface area contributed by atoms with E-state index in [9.17, 15) is 0 Å². The van der Waals surface area contributed by atoms with E-state index < -0.39 is 0 Å². The molecule has 0 saturated heterocycles. The quantitative estimate of drug-likeness (QED) is 0.220. The molecule has 0 aromatic heterocycles. The van der Waals surface area contributed by atoms with Crippen LogP contribution in [0.2, 0.25) is 0 Å². The van der Waals surface area contributed by atoms with Crippen molar-refractivity contribution in [2.45, 2.75) is 78.6 Å². The summed E-state index contributed by atoms with van der Waals surface area (Å²) in [5, 5.41) is 0. The molecular weight excluding hydrogens is 230 g/mol. The van der Waals surface area contributed by atoms with E-state index in [-0.39, 0.29) is 0 Å². The summed E-state index contributed by atoms with van der Waals surface area (Å²) in [6.45, 7) is 16.2. The molecule has 0 heterocycles. The predicted molar refractivity (Wildman–Crippen MR) is 88.5 cm³/mol. The highest BCUT2D eigenvalue weighted by molar-refractivity contribution is 4.67. The van der Waals surface area contributed by atoms with E-state index >= 15 is 0 Å². The number of rotatable bonds is 14. The maximum absolute atomic E-state index is 4.01. The van der Waals surface area contributed by atoms with Gasteiger partial charge in [0.25, 0.3) is 0 Å². The first-order valence-electron chi connectivity index (χ1n) is 8.70. The normalized spacial score (nSPS) is 11.7. The number of hydrogen-bond acceptors (Lipinski definition) is 0. The molecule has 0 atom stereocenters. The van der Waals surface area contributed by atoms with Crippen molar-refractivity contribution >= 4 is 0 Å². The molecule has 1 nitrogen and oxygen atoms in total. The molecular formula is C18H38N+. The molecule has 114 valence electrons. The number of hydrogen-bond donors (Lipinski definition) is 0. The number of unbranched alkanes of at least 4 members (excludes halogenated alkanes) is 6. The van der Waals surface area contributed by atoms with Gasteiger partial charge in [0.15, 0.2) is 0 Å². The van der Waals surface area contributed by atoms with Crippen molar-refractivity contribution in [3.05, 3.63) is 12.7 Å². The second-order valence-corrected chi connectivity index (χ2v) is 6.11. The van der Waals surface area contributed by atoms with Gasteiger partial charge in [-0.25, -0.2) is 0 Å². The second kappa shape index (κ2) is 12.7. The standard InChI is InChI=1S/C18H38N/c1-5-9-12-16-19(15-8-4,17-13-10-6-2)18-14-11-7-3/h8H,4-7,9-18H2,1-3H3/q+1. The molecule has 0 aliphatic heterocycles. The van der Waals surface area contributed by atoms with E-state index in [1.165, 1.54) is 88.4 Å². The first kappa shape index (κ1) is 18.7. The van der Waals surface area contributed by atoms with Gasteiger partial charge in [0, 0.05) is 0 Å². The Morgan fingerprint density at radius 2 is 1.05 bits per heavy atom. The Balaban J connectivity index is 4.42. The molecule has 0 bridgehead atoms. The zero-order chi connectivity index (χ0) is 14.4. The number of nitrogens with zero attached hydrogens (tertiary/aromatic N) is 1. The second-order valence-electron chi connectivity index (χ2n) is 6.11. The van der Waals surface area contributed by atoms with Crippen LogP contribution in [0.4, 0.5) is 0 Å². The monoisotopic (exact) mass is 268 g/mol. The van der Waals surface area contributed by atoms with Crippen LogP contribution in [0.1, 0.15) is 78.6 Å². The topological polar surface area (TPSA) is 0 Å². The Hall–Kier alpha value is -0.300. The first-order valence-corrected chi connectivity index (χ1v) is 8.70. The van der Waals surface area contributed by atoms with Crippen LogP contribution in [0.15, 0.2) is 12.7 Å². The van der Waals surface area contributed by atoms with Gasteiger partial charge in [0.05, 0.1) is 26.2 Å². The number of quaternary nitrogens is 1. The fourth-order valence-corrected chi connectivity index (χ4v) is 2.97. The van der Waals surface area contributed by atoms with Crippen molar-refractivity contribution in [3.63, 3.8) is 0 Å². The fraction of sp³-hybridized carbons (Fsp3) is 0.889. The SMILES string of the molecule is C=CC[N+](CCCCC)(CCCCC)CCCCC. The summed E-state index contributed by atoms with van der Waals surface area (Å²) in [4.78, 5) is 0. The predicted octanol–water partition coefficient (Wildman–Crippen LogP) is 5.56. The van der Waals surface area contributed by atoms with Crippen LogP contribution in [-0.2, 0) is 0 Å². The smallest absolute Gasteiger partial charge is 0.0971 e. The van der Waals surface area contributed by atoms with Gasteiger partial charge in [0.1, 0.15) is 0 Å². The van der Waals surface area contributed by atoms with Gasteiger partial charge in [-0.3, -0.25) is 0 Å². The lowest BCUT2D eigenvalue weighted by Crippen LogP contribution is -2.50. The summed E-state index contributed by atoms with van der Waals surface area (Å²) in [5.74, 6) is 0. The minimum Gasteiger partial charge on any atom is -0.320 e. The molecule has 0 unspecified atom stereocenters. The van der Waals surface area contributed by atoms with Crippen LogP contribution in [0, 0.1) is 0 Å². The van der Waals surface area contributed by atoms with Crippen LogP contribution in [-0.4, -0.2) is 30.7 Å². The lowest BCUT2D eigenvalue weighted by molar-refractivity contribution is -0.923. The van der Waals surface area contributed by atoms with E-state index in [1.54, 1.807) is 0 Å². The van der Waals surface area contributed by atoms with Gasteiger partial charge in [0.2, 0.25) is 0 Å². The largest absolute Gasteiger partial charge is 0.320 e. The molecule has 0 fully saturated rings. The molecule has 1 heteroatoms. The van der Waals surface area contributed by atoms with Crippen molar-refractivity contribution < 1.29 is 4.48 Å². The van der Waals surface area contributed by atoms with Crippen molar-refractivity contribution in [3.8, 4) is 0 Å². The first-order chi connectivity index (χ1) is 9.24. The van der Waals surface area contributed by atoms with Crippen LogP contribution in [0.3, 0.4) is 0 Å². The van der Waals surface area contributed by atoms with E-state index in [0.717, 1.165) is 0 Å².